The van der Waals surface area contributed by atoms with Gasteiger partial charge in [-0.3, -0.25) is 4.79 Å². The molecule has 142 valence electrons. The summed E-state index contributed by atoms with van der Waals surface area (Å²) in [6.07, 6.45) is -3.92. The van der Waals surface area contributed by atoms with Gasteiger partial charge in [-0.1, -0.05) is 6.07 Å². The SMILES string of the molecule is COc1ccc(-n2ncc(C(=O)N(C)Cc3cccs3)c2C(F)(F)F)nn1. The lowest BCUT2D eigenvalue weighted by molar-refractivity contribution is -0.143. The molecule has 0 unspecified atom stereocenters. The molecule has 7 nitrogen and oxygen atoms in total. The predicted molar refractivity (Wildman–Crippen MR) is 90.8 cm³/mol. The van der Waals surface area contributed by atoms with E-state index in [0.29, 0.717) is 4.68 Å². The minimum Gasteiger partial charge on any atom is -0.480 e. The summed E-state index contributed by atoms with van der Waals surface area (Å²) in [4.78, 5) is 14.7. The molecule has 3 aromatic heterocycles. The van der Waals surface area contributed by atoms with Crippen molar-refractivity contribution in [1.82, 2.24) is 24.9 Å². The van der Waals surface area contributed by atoms with Gasteiger partial charge in [0.15, 0.2) is 11.5 Å². The zero-order chi connectivity index (χ0) is 19.6. The van der Waals surface area contributed by atoms with Crippen LogP contribution in [0.5, 0.6) is 5.88 Å². The summed E-state index contributed by atoms with van der Waals surface area (Å²) in [5.41, 5.74) is -1.76. The van der Waals surface area contributed by atoms with Crippen LogP contribution in [-0.4, -0.2) is 44.9 Å². The molecule has 1 amide bonds. The Morgan fingerprint density at radius 1 is 1.30 bits per heavy atom. The van der Waals surface area contributed by atoms with Gasteiger partial charge in [-0.05, 0) is 17.5 Å². The molecule has 0 saturated carbocycles. The van der Waals surface area contributed by atoms with Gasteiger partial charge in [0.2, 0.25) is 5.88 Å². The van der Waals surface area contributed by atoms with Crippen LogP contribution >= 0.6 is 11.3 Å². The molecule has 0 saturated heterocycles. The minimum atomic E-state index is -4.81. The van der Waals surface area contributed by atoms with Gasteiger partial charge in [0.25, 0.3) is 5.91 Å². The molecule has 0 fully saturated rings. The monoisotopic (exact) mass is 397 g/mol. The number of halogens is 3. The molecule has 0 aliphatic heterocycles. The second-order valence-electron chi connectivity index (χ2n) is 5.49. The number of hydrogen-bond donors (Lipinski definition) is 0. The van der Waals surface area contributed by atoms with Gasteiger partial charge in [-0.15, -0.1) is 21.5 Å². The van der Waals surface area contributed by atoms with Gasteiger partial charge in [0, 0.05) is 18.0 Å². The van der Waals surface area contributed by atoms with Crippen LogP contribution in [0, 0.1) is 0 Å². The van der Waals surface area contributed by atoms with Crippen LogP contribution in [0.1, 0.15) is 20.9 Å². The fraction of sp³-hybridized carbons (Fsp3) is 0.250. The maximum absolute atomic E-state index is 13.7. The fourth-order valence-electron chi connectivity index (χ4n) is 2.40. The van der Waals surface area contributed by atoms with Crippen molar-refractivity contribution < 1.29 is 22.7 Å². The second-order valence-corrected chi connectivity index (χ2v) is 6.52. The van der Waals surface area contributed by atoms with Crippen molar-refractivity contribution in [3.05, 3.63) is 52.0 Å². The Morgan fingerprint density at radius 3 is 2.63 bits per heavy atom. The molecule has 0 aliphatic rings. The van der Waals surface area contributed by atoms with Gasteiger partial charge in [0.1, 0.15) is 0 Å². The van der Waals surface area contributed by atoms with Crippen molar-refractivity contribution in [3.63, 3.8) is 0 Å². The van der Waals surface area contributed by atoms with E-state index in [1.54, 1.807) is 12.1 Å². The lowest BCUT2D eigenvalue weighted by Gasteiger charge is -2.17. The van der Waals surface area contributed by atoms with Gasteiger partial charge in [-0.25, -0.2) is 4.68 Å². The lowest BCUT2D eigenvalue weighted by Crippen LogP contribution is -2.28. The van der Waals surface area contributed by atoms with E-state index in [4.69, 9.17) is 4.74 Å². The Morgan fingerprint density at radius 2 is 2.07 bits per heavy atom. The molecule has 0 spiro atoms. The average molecular weight is 397 g/mol. The first-order chi connectivity index (χ1) is 12.8. The largest absolute Gasteiger partial charge is 0.480 e. The number of thiophene rings is 1. The third kappa shape index (κ3) is 3.92. The number of carbonyl (C=O) groups is 1. The third-order valence-corrected chi connectivity index (χ3v) is 4.50. The van der Waals surface area contributed by atoms with E-state index in [1.165, 1.54) is 42.5 Å². The molecule has 27 heavy (non-hydrogen) atoms. The topological polar surface area (TPSA) is 73.1 Å². The van der Waals surface area contributed by atoms with Crippen LogP contribution in [0.15, 0.2) is 35.8 Å². The summed E-state index contributed by atoms with van der Waals surface area (Å²) in [5.74, 6) is -0.821. The molecule has 0 aliphatic carbocycles. The van der Waals surface area contributed by atoms with Crippen molar-refractivity contribution in [2.24, 2.45) is 0 Å². The highest BCUT2D eigenvalue weighted by atomic mass is 32.1. The van der Waals surface area contributed by atoms with Crippen LogP contribution in [0.25, 0.3) is 5.82 Å². The number of aromatic nitrogens is 4. The van der Waals surface area contributed by atoms with Crippen molar-refractivity contribution >= 4 is 17.2 Å². The lowest BCUT2D eigenvalue weighted by atomic mass is 10.2. The fourth-order valence-corrected chi connectivity index (χ4v) is 3.16. The van der Waals surface area contributed by atoms with Gasteiger partial charge in [-0.2, -0.15) is 18.3 Å². The van der Waals surface area contributed by atoms with Gasteiger partial charge >= 0.3 is 6.18 Å². The maximum Gasteiger partial charge on any atom is 0.434 e. The molecule has 0 aromatic carbocycles. The number of amides is 1. The van der Waals surface area contributed by atoms with Crippen LogP contribution in [0.3, 0.4) is 0 Å². The number of carbonyl (C=O) groups excluding carboxylic acids is 1. The smallest absolute Gasteiger partial charge is 0.434 e. The number of hydrogen-bond acceptors (Lipinski definition) is 6. The third-order valence-electron chi connectivity index (χ3n) is 3.64. The molecule has 0 radical (unpaired) electrons. The minimum absolute atomic E-state index is 0.145. The molecular formula is C16H14F3N5O2S. The van der Waals surface area contributed by atoms with Crippen LogP contribution in [0.4, 0.5) is 13.2 Å². The van der Waals surface area contributed by atoms with Gasteiger partial charge in [0.05, 0.1) is 25.4 Å². The first-order valence-corrected chi connectivity index (χ1v) is 8.50. The van der Waals surface area contributed by atoms with Crippen LogP contribution < -0.4 is 4.74 Å². The number of ether oxygens (including phenoxy) is 1. The molecule has 11 heteroatoms. The average Bonchev–Trinajstić information content (AvgIpc) is 3.30. The van der Waals surface area contributed by atoms with Crippen molar-refractivity contribution in [2.75, 3.05) is 14.2 Å². The number of nitrogens with zero attached hydrogens (tertiary/aromatic N) is 5. The summed E-state index contributed by atoms with van der Waals surface area (Å²) in [7, 11) is 2.80. The van der Waals surface area contributed by atoms with E-state index < -0.39 is 23.3 Å². The number of rotatable bonds is 5. The van der Waals surface area contributed by atoms with Crippen molar-refractivity contribution in [3.8, 4) is 11.7 Å². The van der Waals surface area contributed by atoms with Gasteiger partial charge < -0.3 is 9.64 Å². The summed E-state index contributed by atoms with van der Waals surface area (Å²) in [5, 5.41) is 12.9. The molecular weight excluding hydrogens is 383 g/mol. The Balaban J connectivity index is 1.98. The summed E-state index contributed by atoms with van der Waals surface area (Å²) >= 11 is 1.41. The zero-order valence-electron chi connectivity index (χ0n) is 14.3. The molecule has 3 aromatic rings. The maximum atomic E-state index is 13.7. The molecule has 3 heterocycles. The Bertz CT molecular complexity index is 923. The first-order valence-electron chi connectivity index (χ1n) is 7.62. The Kier molecular flexibility index (Phi) is 5.13. The molecule has 0 N–H and O–H groups in total. The normalized spacial score (nSPS) is 11.4. The van der Waals surface area contributed by atoms with Crippen LogP contribution in [0.2, 0.25) is 0 Å². The van der Waals surface area contributed by atoms with E-state index in [2.05, 4.69) is 15.3 Å². The van der Waals surface area contributed by atoms with E-state index in [-0.39, 0.29) is 18.2 Å². The highest BCUT2D eigenvalue weighted by Crippen LogP contribution is 2.34. The summed E-state index contributed by atoms with van der Waals surface area (Å²) < 4.78 is 46.4. The first kappa shape index (κ1) is 18.8. The Labute approximate surface area is 156 Å². The van der Waals surface area contributed by atoms with E-state index in [9.17, 15) is 18.0 Å². The van der Waals surface area contributed by atoms with E-state index in [0.717, 1.165) is 11.1 Å². The molecule has 0 bridgehead atoms. The van der Waals surface area contributed by atoms with Crippen LogP contribution in [-0.2, 0) is 12.7 Å². The van der Waals surface area contributed by atoms with E-state index in [1.807, 2.05) is 5.38 Å². The summed E-state index contributed by atoms with van der Waals surface area (Å²) in [6.45, 7) is 0.196. The summed E-state index contributed by atoms with van der Waals surface area (Å²) in [6, 6.07) is 6.24. The van der Waals surface area contributed by atoms with Crippen molar-refractivity contribution in [1.29, 1.82) is 0 Å². The molecule has 3 rings (SSSR count). The number of alkyl halides is 3. The zero-order valence-corrected chi connectivity index (χ0v) is 15.1. The second kappa shape index (κ2) is 7.35. The molecule has 0 atom stereocenters. The number of methoxy groups -OCH3 is 1. The van der Waals surface area contributed by atoms with E-state index >= 15 is 0 Å². The predicted octanol–water partition coefficient (Wildman–Crippen LogP) is 3.02. The standard InChI is InChI=1S/C16H14F3N5O2S/c1-23(9-10-4-3-7-27-10)15(25)11-8-20-24(14(11)16(17,18)19)12-5-6-13(26-2)22-21-12/h3-8H,9H2,1-2H3. The quantitative estimate of drug-likeness (QED) is 0.662. The Hall–Kier alpha value is -2.95. The van der Waals surface area contributed by atoms with Crippen molar-refractivity contribution in [2.45, 2.75) is 12.7 Å². The highest BCUT2D eigenvalue weighted by molar-refractivity contribution is 7.09. The highest BCUT2D eigenvalue weighted by Gasteiger charge is 2.41.